The minimum atomic E-state index is 0.765. The molecule has 0 saturated carbocycles. The lowest BCUT2D eigenvalue weighted by Gasteiger charge is -2.00. The summed E-state index contributed by atoms with van der Waals surface area (Å²) in [5.74, 6) is 0. The van der Waals surface area contributed by atoms with E-state index >= 15 is 0 Å². The molecule has 2 heterocycles. The van der Waals surface area contributed by atoms with Crippen molar-refractivity contribution in [2.75, 3.05) is 0 Å². The molecular weight excluding hydrogens is 196 g/mol. The Morgan fingerprint density at radius 3 is 3.00 bits per heavy atom. The van der Waals surface area contributed by atoms with Gasteiger partial charge in [0.05, 0.1) is 5.52 Å². The van der Waals surface area contributed by atoms with Crippen LogP contribution >= 0.6 is 11.6 Å². The average Bonchev–Trinajstić information content (AvgIpc) is 2.65. The molecule has 14 heavy (non-hydrogen) atoms. The molecule has 3 heteroatoms. The van der Waals surface area contributed by atoms with Gasteiger partial charge in [0, 0.05) is 22.8 Å². The van der Waals surface area contributed by atoms with E-state index in [0.29, 0.717) is 0 Å². The maximum absolute atomic E-state index is 5.92. The molecule has 0 aliphatic rings. The molecule has 68 valence electrons. The number of hydrogen-bond acceptors (Lipinski definition) is 1. The largest absolute Gasteiger partial charge is 0.240 e. The Balaban J connectivity index is 2.57. The molecule has 0 aliphatic heterocycles. The van der Waals surface area contributed by atoms with Crippen molar-refractivity contribution in [1.82, 2.24) is 9.61 Å². The first kappa shape index (κ1) is 7.83. The summed E-state index contributed by atoms with van der Waals surface area (Å²) in [6, 6.07) is 9.90. The number of benzene rings is 1. The Labute approximate surface area is 85.7 Å². The van der Waals surface area contributed by atoms with Crippen LogP contribution in [0.2, 0.25) is 5.02 Å². The van der Waals surface area contributed by atoms with E-state index in [1.165, 1.54) is 5.39 Å². The zero-order valence-electron chi connectivity index (χ0n) is 7.31. The smallest absolute Gasteiger partial charge is 0.0739 e. The number of rotatable bonds is 0. The lowest BCUT2D eigenvalue weighted by molar-refractivity contribution is 0.967. The van der Waals surface area contributed by atoms with Crippen molar-refractivity contribution in [3.8, 4) is 0 Å². The standard InChI is InChI=1S/C11H7ClN2/c12-9-1-2-10-8(7-9)4-6-14-11(10)3-5-13-14/h1-7H. The fourth-order valence-corrected chi connectivity index (χ4v) is 1.88. The first-order valence-electron chi connectivity index (χ1n) is 4.36. The van der Waals surface area contributed by atoms with Crippen LogP contribution in [0.5, 0.6) is 0 Å². The molecule has 0 atom stereocenters. The summed E-state index contributed by atoms with van der Waals surface area (Å²) in [4.78, 5) is 0. The third-order valence-electron chi connectivity index (χ3n) is 2.36. The van der Waals surface area contributed by atoms with E-state index in [4.69, 9.17) is 11.6 Å². The molecule has 2 aromatic heterocycles. The maximum atomic E-state index is 5.92. The van der Waals surface area contributed by atoms with Crippen LogP contribution in [0.4, 0.5) is 0 Å². The Bertz CT molecular complexity index is 613. The molecule has 0 saturated heterocycles. The van der Waals surface area contributed by atoms with Crippen molar-refractivity contribution in [3.63, 3.8) is 0 Å². The second-order valence-corrected chi connectivity index (χ2v) is 3.64. The lowest BCUT2D eigenvalue weighted by Crippen LogP contribution is -1.86. The van der Waals surface area contributed by atoms with Crippen LogP contribution in [0.25, 0.3) is 16.3 Å². The Morgan fingerprint density at radius 2 is 2.07 bits per heavy atom. The van der Waals surface area contributed by atoms with Crippen LogP contribution in [0.3, 0.4) is 0 Å². The van der Waals surface area contributed by atoms with Crippen molar-refractivity contribution in [3.05, 3.63) is 47.7 Å². The van der Waals surface area contributed by atoms with E-state index in [9.17, 15) is 0 Å². The van der Waals surface area contributed by atoms with Gasteiger partial charge in [-0.05, 0) is 29.7 Å². The predicted molar refractivity (Wildman–Crippen MR) is 57.7 cm³/mol. The molecule has 2 nitrogen and oxygen atoms in total. The van der Waals surface area contributed by atoms with Gasteiger partial charge in [-0.1, -0.05) is 17.7 Å². The second kappa shape index (κ2) is 2.72. The third kappa shape index (κ3) is 1.01. The van der Waals surface area contributed by atoms with Gasteiger partial charge in [-0.2, -0.15) is 5.10 Å². The zero-order valence-corrected chi connectivity index (χ0v) is 8.07. The van der Waals surface area contributed by atoms with Crippen molar-refractivity contribution in [2.45, 2.75) is 0 Å². The number of nitrogens with zero attached hydrogens (tertiary/aromatic N) is 2. The SMILES string of the molecule is Clc1ccc2c(ccn3nccc23)c1. The van der Waals surface area contributed by atoms with Crippen molar-refractivity contribution < 1.29 is 0 Å². The number of aromatic nitrogens is 2. The molecule has 3 aromatic rings. The lowest BCUT2D eigenvalue weighted by atomic mass is 10.1. The summed E-state index contributed by atoms with van der Waals surface area (Å²) in [7, 11) is 0. The fraction of sp³-hybridized carbons (Fsp3) is 0. The van der Waals surface area contributed by atoms with E-state index in [2.05, 4.69) is 5.10 Å². The van der Waals surface area contributed by atoms with Gasteiger partial charge in [0.2, 0.25) is 0 Å². The molecule has 1 aromatic carbocycles. The average molecular weight is 203 g/mol. The first-order valence-corrected chi connectivity index (χ1v) is 4.74. The fourth-order valence-electron chi connectivity index (χ4n) is 1.70. The summed E-state index contributed by atoms with van der Waals surface area (Å²) < 4.78 is 1.86. The van der Waals surface area contributed by atoms with Gasteiger partial charge in [-0.3, -0.25) is 0 Å². The highest BCUT2D eigenvalue weighted by atomic mass is 35.5. The molecule has 0 amide bonds. The Hall–Kier alpha value is -1.54. The number of fused-ring (bicyclic) bond motifs is 3. The molecule has 0 N–H and O–H groups in total. The second-order valence-electron chi connectivity index (χ2n) is 3.21. The van der Waals surface area contributed by atoms with E-state index in [0.717, 1.165) is 15.9 Å². The summed E-state index contributed by atoms with van der Waals surface area (Å²) in [5.41, 5.74) is 1.11. The molecule has 0 unspecified atom stereocenters. The number of hydrogen-bond donors (Lipinski definition) is 0. The van der Waals surface area contributed by atoms with Gasteiger partial charge in [0.15, 0.2) is 0 Å². The van der Waals surface area contributed by atoms with E-state index in [1.807, 2.05) is 41.0 Å². The highest BCUT2D eigenvalue weighted by Crippen LogP contribution is 2.22. The maximum Gasteiger partial charge on any atom is 0.0739 e. The predicted octanol–water partition coefficient (Wildman–Crippen LogP) is 3.14. The zero-order chi connectivity index (χ0) is 9.54. The molecule has 0 fully saturated rings. The highest BCUT2D eigenvalue weighted by Gasteiger charge is 2.00. The minimum absolute atomic E-state index is 0.765. The number of halogens is 1. The van der Waals surface area contributed by atoms with Gasteiger partial charge in [-0.15, -0.1) is 0 Å². The van der Waals surface area contributed by atoms with Crippen molar-refractivity contribution in [1.29, 1.82) is 0 Å². The van der Waals surface area contributed by atoms with Crippen LogP contribution in [-0.2, 0) is 0 Å². The van der Waals surface area contributed by atoms with Crippen LogP contribution in [0.1, 0.15) is 0 Å². The number of pyridine rings is 1. The topological polar surface area (TPSA) is 17.3 Å². The molecule has 0 radical (unpaired) electrons. The van der Waals surface area contributed by atoms with E-state index in [-0.39, 0.29) is 0 Å². The molecule has 3 rings (SSSR count). The van der Waals surface area contributed by atoms with Crippen LogP contribution in [0, 0.1) is 0 Å². The molecule has 0 spiro atoms. The van der Waals surface area contributed by atoms with Gasteiger partial charge < -0.3 is 0 Å². The normalized spacial score (nSPS) is 11.2. The third-order valence-corrected chi connectivity index (χ3v) is 2.59. The molecule has 0 bridgehead atoms. The van der Waals surface area contributed by atoms with Crippen LogP contribution in [-0.4, -0.2) is 9.61 Å². The monoisotopic (exact) mass is 202 g/mol. The van der Waals surface area contributed by atoms with Crippen molar-refractivity contribution >= 4 is 27.9 Å². The van der Waals surface area contributed by atoms with Gasteiger partial charge in [-0.25, -0.2) is 4.52 Å². The molecular formula is C11H7ClN2. The van der Waals surface area contributed by atoms with E-state index in [1.54, 1.807) is 6.20 Å². The van der Waals surface area contributed by atoms with Crippen LogP contribution in [0.15, 0.2) is 42.7 Å². The summed E-state index contributed by atoms with van der Waals surface area (Å²) in [5, 5.41) is 7.26. The van der Waals surface area contributed by atoms with Gasteiger partial charge >= 0.3 is 0 Å². The summed E-state index contributed by atoms with van der Waals surface area (Å²) in [6.45, 7) is 0. The summed E-state index contributed by atoms with van der Waals surface area (Å²) in [6.07, 6.45) is 3.73. The Kier molecular flexibility index (Phi) is 1.52. The van der Waals surface area contributed by atoms with Gasteiger partial charge in [0.25, 0.3) is 0 Å². The quantitative estimate of drug-likeness (QED) is 0.548. The molecule has 0 aliphatic carbocycles. The van der Waals surface area contributed by atoms with E-state index < -0.39 is 0 Å². The minimum Gasteiger partial charge on any atom is -0.240 e. The van der Waals surface area contributed by atoms with Crippen molar-refractivity contribution in [2.24, 2.45) is 0 Å². The van der Waals surface area contributed by atoms with Gasteiger partial charge in [0.1, 0.15) is 0 Å². The summed E-state index contributed by atoms with van der Waals surface area (Å²) >= 11 is 5.92. The Morgan fingerprint density at radius 1 is 1.14 bits per heavy atom. The first-order chi connectivity index (χ1) is 6.84. The van der Waals surface area contributed by atoms with Crippen LogP contribution < -0.4 is 0 Å². The highest BCUT2D eigenvalue weighted by molar-refractivity contribution is 6.31.